The topological polar surface area (TPSA) is 94.2 Å². The van der Waals surface area contributed by atoms with Gasteiger partial charge in [-0.2, -0.15) is 0 Å². The number of carbonyl (C=O) groups excluding carboxylic acids is 1. The minimum Gasteiger partial charge on any atom is -0.459 e. The molecule has 0 amide bonds. The minimum atomic E-state index is -0.553. The summed E-state index contributed by atoms with van der Waals surface area (Å²) in [6.07, 6.45) is 1.53. The summed E-state index contributed by atoms with van der Waals surface area (Å²) >= 11 is 0. The summed E-state index contributed by atoms with van der Waals surface area (Å²) in [5, 5.41) is 9.50. The van der Waals surface area contributed by atoms with E-state index in [-0.39, 0.29) is 30.8 Å². The van der Waals surface area contributed by atoms with Crippen molar-refractivity contribution in [1.82, 2.24) is 4.90 Å². The minimum absolute atomic E-state index is 0.00170. The number of carbonyl (C=O) groups is 1. The summed E-state index contributed by atoms with van der Waals surface area (Å²) < 4.78 is 18.8. The fourth-order valence-electron chi connectivity index (χ4n) is 5.69. The van der Waals surface area contributed by atoms with Crippen molar-refractivity contribution in [3.63, 3.8) is 0 Å². The van der Waals surface area contributed by atoms with E-state index in [9.17, 15) is 9.90 Å². The third kappa shape index (κ3) is 7.42. The molecule has 3 aromatic rings. The molecule has 5 rings (SSSR count). The Morgan fingerprint density at radius 1 is 0.976 bits per heavy atom. The van der Waals surface area contributed by atoms with Crippen LogP contribution in [0.2, 0.25) is 0 Å². The highest BCUT2D eigenvalue weighted by Crippen LogP contribution is 2.39. The van der Waals surface area contributed by atoms with Crippen molar-refractivity contribution in [2.45, 2.75) is 83.3 Å². The Kier molecular flexibility index (Phi) is 9.22. The summed E-state index contributed by atoms with van der Waals surface area (Å²) in [6.45, 7) is 7.68. The molecule has 2 heterocycles. The fraction of sp³-hybridized carbons (Fsp3) is 0.441. The monoisotopic (exact) mass is 558 g/mol. The number of likely N-dealkylation sites (tertiary alicyclic amines) is 1. The molecule has 0 unspecified atom stereocenters. The predicted octanol–water partition coefficient (Wildman–Crippen LogP) is 5.66. The van der Waals surface area contributed by atoms with Crippen LogP contribution in [0.1, 0.15) is 74.7 Å². The van der Waals surface area contributed by atoms with Gasteiger partial charge in [-0.3, -0.25) is 9.69 Å². The van der Waals surface area contributed by atoms with E-state index >= 15 is 0 Å². The second-order valence-electron chi connectivity index (χ2n) is 12.1. The van der Waals surface area contributed by atoms with E-state index in [1.54, 1.807) is 0 Å². The average Bonchev–Trinajstić information content (AvgIpc) is 3.44. The number of nitrogens with zero attached hydrogens (tertiary/aromatic N) is 1. The molecule has 2 fully saturated rings. The van der Waals surface area contributed by atoms with Crippen LogP contribution < -0.4 is 5.73 Å². The van der Waals surface area contributed by atoms with Crippen molar-refractivity contribution >= 4 is 5.97 Å². The maximum Gasteiger partial charge on any atom is 0.323 e. The first-order chi connectivity index (χ1) is 19.7. The van der Waals surface area contributed by atoms with Crippen LogP contribution in [0.25, 0.3) is 11.1 Å². The second kappa shape index (κ2) is 12.8. The lowest BCUT2D eigenvalue weighted by Crippen LogP contribution is -2.45. The van der Waals surface area contributed by atoms with Gasteiger partial charge in [0.05, 0.1) is 18.8 Å². The van der Waals surface area contributed by atoms with E-state index in [1.165, 1.54) is 0 Å². The van der Waals surface area contributed by atoms with Gasteiger partial charge in [0.2, 0.25) is 0 Å². The van der Waals surface area contributed by atoms with Crippen LogP contribution in [-0.4, -0.2) is 46.8 Å². The Bertz CT molecular complexity index is 1300. The number of hydrogen-bond donors (Lipinski definition) is 2. The van der Waals surface area contributed by atoms with Gasteiger partial charge in [-0.25, -0.2) is 0 Å². The summed E-state index contributed by atoms with van der Waals surface area (Å²) in [7, 11) is 0. The third-order valence-electron chi connectivity index (χ3n) is 7.77. The zero-order valence-corrected chi connectivity index (χ0v) is 24.3. The maximum atomic E-state index is 13.0. The molecule has 41 heavy (non-hydrogen) atoms. The lowest BCUT2D eigenvalue weighted by atomic mass is 9.98. The number of benzene rings is 3. The molecule has 7 heteroatoms. The Balaban J connectivity index is 1.36. The Morgan fingerprint density at radius 3 is 2.39 bits per heavy atom. The van der Waals surface area contributed by atoms with Crippen LogP contribution in [-0.2, 0) is 32.2 Å². The highest BCUT2D eigenvalue weighted by atomic mass is 16.7. The van der Waals surface area contributed by atoms with Gasteiger partial charge in [0, 0.05) is 25.1 Å². The Labute approximate surface area is 243 Å². The molecule has 0 saturated carbocycles. The maximum absolute atomic E-state index is 13.0. The number of esters is 1. The van der Waals surface area contributed by atoms with Gasteiger partial charge in [-0.1, -0.05) is 66.7 Å². The average molecular weight is 559 g/mol. The van der Waals surface area contributed by atoms with Crippen molar-refractivity contribution < 1.29 is 24.1 Å². The third-order valence-corrected chi connectivity index (χ3v) is 7.77. The molecule has 2 aliphatic rings. The zero-order valence-electron chi connectivity index (χ0n) is 24.3. The number of ether oxygens (including phenoxy) is 3. The van der Waals surface area contributed by atoms with E-state index in [2.05, 4.69) is 41.3 Å². The van der Waals surface area contributed by atoms with Crippen LogP contribution in [0.15, 0.2) is 72.8 Å². The van der Waals surface area contributed by atoms with E-state index < -0.39 is 11.9 Å². The standard InChI is InChI=1S/C34H42N2O5/c1-34(2,3)41-32(38)30-8-5-17-36(30)21-29-19-31(26-11-9-23(22-37)10-12-26)40-33(39-29)27-15-13-25(14-16-27)28-7-4-6-24(18-28)20-35/h4,6-7,9-16,18,29-31,33,37H,5,8,17,19-22,35H2,1-3H3/t29-,30-,31+,33+/m0/s1. The quantitative estimate of drug-likeness (QED) is 0.345. The van der Waals surface area contributed by atoms with Gasteiger partial charge in [-0.05, 0) is 74.0 Å². The first kappa shape index (κ1) is 29.4. The van der Waals surface area contributed by atoms with Gasteiger partial charge >= 0.3 is 5.97 Å². The number of rotatable bonds is 8. The molecule has 0 aliphatic carbocycles. The first-order valence-corrected chi connectivity index (χ1v) is 14.6. The van der Waals surface area contributed by atoms with Crippen LogP contribution >= 0.6 is 0 Å². The highest BCUT2D eigenvalue weighted by Gasteiger charge is 2.38. The zero-order chi connectivity index (χ0) is 29.0. The molecule has 7 nitrogen and oxygen atoms in total. The van der Waals surface area contributed by atoms with Crippen molar-refractivity contribution in [2.24, 2.45) is 5.73 Å². The van der Waals surface area contributed by atoms with Crippen LogP contribution in [0.4, 0.5) is 0 Å². The summed E-state index contributed by atoms with van der Waals surface area (Å²) in [5.74, 6) is -0.163. The van der Waals surface area contributed by atoms with Crippen molar-refractivity contribution in [1.29, 1.82) is 0 Å². The first-order valence-electron chi connectivity index (χ1n) is 14.6. The van der Waals surface area contributed by atoms with Gasteiger partial charge in [0.1, 0.15) is 11.6 Å². The molecule has 0 radical (unpaired) electrons. The molecule has 0 spiro atoms. The van der Waals surface area contributed by atoms with Gasteiger partial charge < -0.3 is 25.1 Å². The van der Waals surface area contributed by atoms with Crippen LogP contribution in [0.5, 0.6) is 0 Å². The molecule has 0 bridgehead atoms. The number of nitrogens with two attached hydrogens (primary N) is 1. The smallest absolute Gasteiger partial charge is 0.323 e. The number of hydrogen-bond acceptors (Lipinski definition) is 7. The fourth-order valence-corrected chi connectivity index (χ4v) is 5.69. The summed E-state index contributed by atoms with van der Waals surface area (Å²) in [5.41, 5.74) is 11.5. The number of aliphatic hydroxyl groups is 1. The molecular weight excluding hydrogens is 516 g/mol. The normalized spacial score (nSPS) is 23.4. The summed E-state index contributed by atoms with van der Waals surface area (Å²) in [4.78, 5) is 15.2. The molecule has 2 saturated heterocycles. The Morgan fingerprint density at radius 2 is 1.71 bits per heavy atom. The highest BCUT2D eigenvalue weighted by molar-refractivity contribution is 5.76. The molecule has 218 valence electrons. The van der Waals surface area contributed by atoms with Crippen molar-refractivity contribution in [3.05, 3.63) is 95.1 Å². The number of aliphatic hydroxyl groups excluding tert-OH is 1. The molecule has 3 aromatic carbocycles. The SMILES string of the molecule is CC(C)(C)OC(=O)[C@@H]1CCCN1C[C@@H]1C[C@H](c2ccc(CO)cc2)O[C@H](c2ccc(-c3cccc(CN)c3)cc2)O1. The van der Waals surface area contributed by atoms with Crippen molar-refractivity contribution in [3.8, 4) is 11.1 Å². The van der Waals surface area contributed by atoms with E-state index in [1.807, 2.05) is 57.2 Å². The van der Waals surface area contributed by atoms with E-state index in [0.717, 1.165) is 52.8 Å². The lowest BCUT2D eigenvalue weighted by molar-refractivity contribution is -0.253. The van der Waals surface area contributed by atoms with Gasteiger partial charge in [0.25, 0.3) is 0 Å². The van der Waals surface area contributed by atoms with Gasteiger partial charge in [-0.15, -0.1) is 0 Å². The van der Waals surface area contributed by atoms with Gasteiger partial charge in [0.15, 0.2) is 6.29 Å². The molecule has 2 aliphatic heterocycles. The second-order valence-corrected chi connectivity index (χ2v) is 12.1. The van der Waals surface area contributed by atoms with Crippen molar-refractivity contribution in [2.75, 3.05) is 13.1 Å². The van der Waals surface area contributed by atoms with E-state index in [4.69, 9.17) is 19.9 Å². The summed E-state index contributed by atoms with van der Waals surface area (Å²) in [6, 6.07) is 24.2. The lowest BCUT2D eigenvalue weighted by Gasteiger charge is -2.38. The molecule has 0 aromatic heterocycles. The molecular formula is C34H42N2O5. The molecule has 4 atom stereocenters. The van der Waals surface area contributed by atoms with Crippen LogP contribution in [0, 0.1) is 0 Å². The van der Waals surface area contributed by atoms with E-state index in [0.29, 0.717) is 19.5 Å². The molecule has 3 N–H and O–H groups in total. The predicted molar refractivity (Wildman–Crippen MR) is 159 cm³/mol. The largest absolute Gasteiger partial charge is 0.459 e. The Hall–Kier alpha value is -3.07. The van der Waals surface area contributed by atoms with Crippen LogP contribution in [0.3, 0.4) is 0 Å².